The molecule has 0 spiro atoms. The Labute approximate surface area is 119 Å². The molecule has 1 unspecified atom stereocenters. The fraction of sp³-hybridized carbons (Fsp3) is 0.250. The molecule has 0 aromatic heterocycles. The van der Waals surface area contributed by atoms with Crippen LogP contribution >= 0.6 is 11.6 Å². The number of anilines is 2. The zero-order valence-corrected chi connectivity index (χ0v) is 12.3. The van der Waals surface area contributed by atoms with Crippen LogP contribution in [0.5, 0.6) is 0 Å². The van der Waals surface area contributed by atoms with Gasteiger partial charge in [-0.3, -0.25) is 0 Å². The van der Waals surface area contributed by atoms with Crippen molar-refractivity contribution in [1.82, 2.24) is 0 Å². The molecule has 0 saturated heterocycles. The first-order valence-electron chi connectivity index (χ1n) is 6.33. The lowest BCUT2D eigenvalue weighted by atomic mass is 10.1. The fourth-order valence-electron chi connectivity index (χ4n) is 2.25. The van der Waals surface area contributed by atoms with Crippen molar-refractivity contribution >= 4 is 23.0 Å². The minimum atomic E-state index is 0.277. The minimum absolute atomic E-state index is 0.277. The Bertz CT molecular complexity index is 563. The van der Waals surface area contributed by atoms with E-state index in [0.29, 0.717) is 0 Å². The number of halogens is 1. The highest BCUT2D eigenvalue weighted by atomic mass is 35.5. The third-order valence-corrected chi connectivity index (χ3v) is 3.79. The van der Waals surface area contributed by atoms with Crippen molar-refractivity contribution in [3.05, 3.63) is 58.6 Å². The van der Waals surface area contributed by atoms with Crippen LogP contribution in [-0.2, 0) is 0 Å². The molecule has 0 fully saturated rings. The number of hydrogen-bond acceptors (Lipinski definition) is 2. The fourth-order valence-corrected chi connectivity index (χ4v) is 2.37. The molecule has 3 heteroatoms. The van der Waals surface area contributed by atoms with Gasteiger partial charge in [-0.1, -0.05) is 23.7 Å². The van der Waals surface area contributed by atoms with Crippen LogP contribution in [0.2, 0.25) is 5.02 Å². The maximum Gasteiger partial charge on any atom is 0.0511 e. The highest BCUT2D eigenvalue weighted by Gasteiger charge is 2.14. The lowest BCUT2D eigenvalue weighted by Gasteiger charge is -2.29. The van der Waals surface area contributed by atoms with Crippen molar-refractivity contribution in [2.75, 3.05) is 17.7 Å². The summed E-state index contributed by atoms with van der Waals surface area (Å²) in [6, 6.07) is 14.3. The van der Waals surface area contributed by atoms with Crippen LogP contribution in [0, 0.1) is 6.92 Å². The van der Waals surface area contributed by atoms with Gasteiger partial charge in [0, 0.05) is 23.4 Å². The normalized spacial score (nSPS) is 12.2. The maximum absolute atomic E-state index is 5.93. The zero-order valence-electron chi connectivity index (χ0n) is 11.5. The first kappa shape index (κ1) is 13.8. The second kappa shape index (κ2) is 5.54. The van der Waals surface area contributed by atoms with Gasteiger partial charge < -0.3 is 10.6 Å². The molecule has 2 rings (SSSR count). The minimum Gasteiger partial charge on any atom is -0.399 e. The first-order valence-corrected chi connectivity index (χ1v) is 6.71. The Morgan fingerprint density at radius 2 is 1.74 bits per heavy atom. The van der Waals surface area contributed by atoms with Crippen LogP contribution in [0.3, 0.4) is 0 Å². The van der Waals surface area contributed by atoms with Gasteiger partial charge in [0.2, 0.25) is 0 Å². The van der Waals surface area contributed by atoms with Crippen LogP contribution in [-0.4, -0.2) is 7.05 Å². The molecule has 0 saturated carbocycles. The molecule has 100 valence electrons. The number of aryl methyl sites for hydroxylation is 1. The summed E-state index contributed by atoms with van der Waals surface area (Å²) in [5.41, 5.74) is 10.2. The van der Waals surface area contributed by atoms with E-state index in [1.54, 1.807) is 0 Å². The van der Waals surface area contributed by atoms with E-state index in [1.807, 2.05) is 24.3 Å². The smallest absolute Gasteiger partial charge is 0.0511 e. The third-order valence-electron chi connectivity index (χ3n) is 3.53. The molecule has 0 amide bonds. The summed E-state index contributed by atoms with van der Waals surface area (Å²) in [5.74, 6) is 0. The van der Waals surface area contributed by atoms with Gasteiger partial charge >= 0.3 is 0 Å². The van der Waals surface area contributed by atoms with E-state index in [4.69, 9.17) is 17.3 Å². The molecule has 0 radical (unpaired) electrons. The van der Waals surface area contributed by atoms with Gasteiger partial charge in [-0.05, 0) is 55.3 Å². The number of rotatable bonds is 3. The van der Waals surface area contributed by atoms with E-state index in [-0.39, 0.29) is 6.04 Å². The molecule has 0 aliphatic heterocycles. The standard InChI is InChI=1S/C16H19ClN2/c1-11-10-15(18)8-9-16(11)19(3)12(2)13-4-6-14(17)7-5-13/h4-10,12H,18H2,1-3H3. The number of nitrogens with two attached hydrogens (primary N) is 1. The molecule has 2 nitrogen and oxygen atoms in total. The summed E-state index contributed by atoms with van der Waals surface area (Å²) in [7, 11) is 2.10. The predicted molar refractivity (Wildman–Crippen MR) is 83.9 cm³/mol. The van der Waals surface area contributed by atoms with Crippen molar-refractivity contribution in [3.8, 4) is 0 Å². The second-order valence-electron chi connectivity index (χ2n) is 4.88. The van der Waals surface area contributed by atoms with Crippen LogP contribution in [0.1, 0.15) is 24.1 Å². The Kier molecular flexibility index (Phi) is 4.01. The molecule has 2 aromatic carbocycles. The molecule has 0 aliphatic carbocycles. The van der Waals surface area contributed by atoms with Crippen LogP contribution in [0.15, 0.2) is 42.5 Å². The summed E-state index contributed by atoms with van der Waals surface area (Å²) in [6.45, 7) is 4.26. The first-order chi connectivity index (χ1) is 8.99. The predicted octanol–water partition coefficient (Wildman–Crippen LogP) is 4.43. The summed E-state index contributed by atoms with van der Waals surface area (Å²) < 4.78 is 0. The van der Waals surface area contributed by atoms with E-state index >= 15 is 0 Å². The van der Waals surface area contributed by atoms with Gasteiger partial charge in [0.25, 0.3) is 0 Å². The third kappa shape index (κ3) is 3.02. The molecular formula is C16H19ClN2. The Hall–Kier alpha value is -1.67. The summed E-state index contributed by atoms with van der Waals surface area (Å²) in [5, 5.41) is 0.766. The van der Waals surface area contributed by atoms with Crippen molar-refractivity contribution in [1.29, 1.82) is 0 Å². The van der Waals surface area contributed by atoms with E-state index in [2.05, 4.69) is 44.0 Å². The van der Waals surface area contributed by atoms with Crippen LogP contribution in [0.4, 0.5) is 11.4 Å². The van der Waals surface area contributed by atoms with E-state index < -0.39 is 0 Å². The van der Waals surface area contributed by atoms with Gasteiger partial charge in [0.05, 0.1) is 6.04 Å². The molecule has 0 aliphatic rings. The molecule has 2 aromatic rings. The van der Waals surface area contributed by atoms with E-state index in [1.165, 1.54) is 16.8 Å². The second-order valence-corrected chi connectivity index (χ2v) is 5.32. The molecule has 1 atom stereocenters. The van der Waals surface area contributed by atoms with Crippen molar-refractivity contribution in [3.63, 3.8) is 0 Å². The topological polar surface area (TPSA) is 29.3 Å². The monoisotopic (exact) mass is 274 g/mol. The number of nitrogens with zero attached hydrogens (tertiary/aromatic N) is 1. The highest BCUT2D eigenvalue weighted by Crippen LogP contribution is 2.29. The van der Waals surface area contributed by atoms with Crippen LogP contribution < -0.4 is 10.6 Å². The molecular weight excluding hydrogens is 256 g/mol. The lowest BCUT2D eigenvalue weighted by Crippen LogP contribution is -2.22. The van der Waals surface area contributed by atoms with Crippen molar-refractivity contribution < 1.29 is 0 Å². The van der Waals surface area contributed by atoms with Gasteiger partial charge in [0.15, 0.2) is 0 Å². The van der Waals surface area contributed by atoms with Crippen LogP contribution in [0.25, 0.3) is 0 Å². The zero-order chi connectivity index (χ0) is 14.0. The highest BCUT2D eigenvalue weighted by molar-refractivity contribution is 6.30. The number of hydrogen-bond donors (Lipinski definition) is 1. The van der Waals surface area contributed by atoms with E-state index in [9.17, 15) is 0 Å². The summed E-state index contributed by atoms with van der Waals surface area (Å²) in [4.78, 5) is 2.25. The molecule has 0 heterocycles. The number of benzene rings is 2. The largest absolute Gasteiger partial charge is 0.399 e. The van der Waals surface area contributed by atoms with Gasteiger partial charge in [0.1, 0.15) is 0 Å². The van der Waals surface area contributed by atoms with Gasteiger partial charge in [-0.25, -0.2) is 0 Å². The number of nitrogen functional groups attached to an aromatic ring is 1. The Balaban J connectivity index is 2.27. The average molecular weight is 275 g/mol. The molecule has 0 bridgehead atoms. The average Bonchev–Trinajstić information content (AvgIpc) is 2.38. The van der Waals surface area contributed by atoms with Crippen molar-refractivity contribution in [2.24, 2.45) is 0 Å². The quantitative estimate of drug-likeness (QED) is 0.839. The molecule has 2 N–H and O–H groups in total. The molecule has 19 heavy (non-hydrogen) atoms. The maximum atomic E-state index is 5.93. The summed E-state index contributed by atoms with van der Waals surface area (Å²) in [6.07, 6.45) is 0. The van der Waals surface area contributed by atoms with E-state index in [0.717, 1.165) is 10.7 Å². The lowest BCUT2D eigenvalue weighted by molar-refractivity contribution is 0.738. The van der Waals surface area contributed by atoms with Gasteiger partial charge in [-0.2, -0.15) is 0 Å². The van der Waals surface area contributed by atoms with Crippen molar-refractivity contribution in [2.45, 2.75) is 19.9 Å². The Morgan fingerprint density at radius 1 is 1.11 bits per heavy atom. The summed E-state index contributed by atoms with van der Waals surface area (Å²) >= 11 is 5.93. The SMILES string of the molecule is Cc1cc(N)ccc1N(C)C(C)c1ccc(Cl)cc1. The van der Waals surface area contributed by atoms with Gasteiger partial charge in [-0.15, -0.1) is 0 Å². The Morgan fingerprint density at radius 3 is 2.32 bits per heavy atom.